The predicted octanol–water partition coefficient (Wildman–Crippen LogP) is 1.76. The first-order chi connectivity index (χ1) is 13.8. The molecular weight excluding hydrogens is 358 g/mol. The van der Waals surface area contributed by atoms with Crippen LogP contribution >= 0.6 is 0 Å². The van der Waals surface area contributed by atoms with Crippen LogP contribution in [0.3, 0.4) is 0 Å². The standard InChI is InChI=1S/C19H19N7O2/c27-19(15-12-20-5-6-21-15)26-9-7-25(8-10-26)16-4-3-14(11-22-16)17-23-18(28-24-17)13-1-2-13/h3-6,11-13H,1-2,7-10H2. The average molecular weight is 377 g/mol. The van der Waals surface area contributed by atoms with Crippen LogP contribution in [-0.4, -0.2) is 62.1 Å². The molecule has 2 fully saturated rings. The average Bonchev–Trinajstić information content (AvgIpc) is 3.51. The van der Waals surface area contributed by atoms with E-state index in [-0.39, 0.29) is 5.91 Å². The van der Waals surface area contributed by atoms with Gasteiger partial charge in [0.05, 0.1) is 6.20 Å². The van der Waals surface area contributed by atoms with Crippen molar-refractivity contribution in [1.29, 1.82) is 0 Å². The third-order valence-electron chi connectivity index (χ3n) is 5.05. The SMILES string of the molecule is O=C(c1cnccn1)N1CCN(c2ccc(-c3noc(C4CC4)n3)cn2)CC1. The third-order valence-corrected chi connectivity index (χ3v) is 5.05. The number of pyridine rings is 1. The summed E-state index contributed by atoms with van der Waals surface area (Å²) in [6, 6.07) is 3.92. The van der Waals surface area contributed by atoms with E-state index < -0.39 is 0 Å². The van der Waals surface area contributed by atoms with E-state index in [1.165, 1.54) is 12.4 Å². The van der Waals surface area contributed by atoms with Crippen molar-refractivity contribution >= 4 is 11.7 Å². The molecule has 9 nitrogen and oxygen atoms in total. The Morgan fingerprint density at radius 2 is 1.89 bits per heavy atom. The zero-order chi connectivity index (χ0) is 18.9. The molecule has 0 bridgehead atoms. The summed E-state index contributed by atoms with van der Waals surface area (Å²) in [6.45, 7) is 2.67. The van der Waals surface area contributed by atoms with Crippen molar-refractivity contribution in [1.82, 2.24) is 30.0 Å². The molecule has 1 saturated heterocycles. The summed E-state index contributed by atoms with van der Waals surface area (Å²) in [6.07, 6.45) is 8.63. The van der Waals surface area contributed by atoms with Crippen molar-refractivity contribution in [3.63, 3.8) is 0 Å². The second kappa shape index (κ2) is 6.99. The van der Waals surface area contributed by atoms with E-state index >= 15 is 0 Å². The Balaban J connectivity index is 1.22. The largest absolute Gasteiger partial charge is 0.353 e. The van der Waals surface area contributed by atoms with Gasteiger partial charge in [0.25, 0.3) is 5.91 Å². The molecule has 1 aliphatic carbocycles. The van der Waals surface area contributed by atoms with Gasteiger partial charge in [-0.05, 0) is 25.0 Å². The van der Waals surface area contributed by atoms with E-state index in [9.17, 15) is 4.79 Å². The van der Waals surface area contributed by atoms with Crippen LogP contribution in [0.15, 0.2) is 41.4 Å². The first-order valence-electron chi connectivity index (χ1n) is 9.38. The van der Waals surface area contributed by atoms with Gasteiger partial charge in [-0.3, -0.25) is 9.78 Å². The minimum Gasteiger partial charge on any atom is -0.353 e. The highest BCUT2D eigenvalue weighted by Crippen LogP contribution is 2.39. The molecule has 0 radical (unpaired) electrons. The quantitative estimate of drug-likeness (QED) is 0.678. The summed E-state index contributed by atoms with van der Waals surface area (Å²) in [5.74, 6) is 2.54. The highest BCUT2D eigenvalue weighted by molar-refractivity contribution is 5.92. The number of anilines is 1. The van der Waals surface area contributed by atoms with Crippen molar-refractivity contribution in [2.75, 3.05) is 31.1 Å². The lowest BCUT2D eigenvalue weighted by molar-refractivity contribution is 0.0740. The monoisotopic (exact) mass is 377 g/mol. The van der Waals surface area contributed by atoms with Gasteiger partial charge < -0.3 is 14.3 Å². The van der Waals surface area contributed by atoms with Gasteiger partial charge in [0.15, 0.2) is 0 Å². The number of hydrogen-bond donors (Lipinski definition) is 0. The number of piperazine rings is 1. The van der Waals surface area contributed by atoms with Crippen LogP contribution in [0, 0.1) is 0 Å². The predicted molar refractivity (Wildman–Crippen MR) is 99.7 cm³/mol. The van der Waals surface area contributed by atoms with Gasteiger partial charge in [0.1, 0.15) is 11.5 Å². The molecule has 0 N–H and O–H groups in total. The molecule has 0 aromatic carbocycles. The smallest absolute Gasteiger partial charge is 0.274 e. The van der Waals surface area contributed by atoms with Crippen molar-refractivity contribution < 1.29 is 9.32 Å². The van der Waals surface area contributed by atoms with Crippen LogP contribution in [0.1, 0.15) is 35.1 Å². The maximum Gasteiger partial charge on any atom is 0.274 e. The van der Waals surface area contributed by atoms with Crippen LogP contribution in [0.5, 0.6) is 0 Å². The molecule has 0 unspecified atom stereocenters. The highest BCUT2D eigenvalue weighted by Gasteiger charge is 2.30. The summed E-state index contributed by atoms with van der Waals surface area (Å²) in [7, 11) is 0. The van der Waals surface area contributed by atoms with E-state index in [2.05, 4.69) is 30.0 Å². The zero-order valence-corrected chi connectivity index (χ0v) is 15.2. The molecule has 4 heterocycles. The number of carbonyl (C=O) groups is 1. The molecule has 0 atom stereocenters. The highest BCUT2D eigenvalue weighted by atomic mass is 16.5. The molecule has 1 saturated carbocycles. The summed E-state index contributed by atoms with van der Waals surface area (Å²) in [5.41, 5.74) is 1.22. The number of rotatable bonds is 4. The Morgan fingerprint density at radius 1 is 1.04 bits per heavy atom. The van der Waals surface area contributed by atoms with Crippen molar-refractivity contribution in [3.8, 4) is 11.4 Å². The lowest BCUT2D eigenvalue weighted by Gasteiger charge is -2.35. The van der Waals surface area contributed by atoms with Gasteiger partial charge in [-0.1, -0.05) is 5.16 Å². The summed E-state index contributed by atoms with van der Waals surface area (Å²) >= 11 is 0. The van der Waals surface area contributed by atoms with Crippen LogP contribution < -0.4 is 4.90 Å². The Morgan fingerprint density at radius 3 is 2.57 bits per heavy atom. The molecule has 142 valence electrons. The second-order valence-corrected chi connectivity index (χ2v) is 7.01. The number of hydrogen-bond acceptors (Lipinski definition) is 8. The summed E-state index contributed by atoms with van der Waals surface area (Å²) < 4.78 is 5.31. The second-order valence-electron chi connectivity index (χ2n) is 7.01. The summed E-state index contributed by atoms with van der Waals surface area (Å²) in [4.78, 5) is 33.5. The fourth-order valence-electron chi connectivity index (χ4n) is 3.26. The topological polar surface area (TPSA) is 101 Å². The van der Waals surface area contributed by atoms with Crippen LogP contribution in [0.2, 0.25) is 0 Å². The molecule has 0 spiro atoms. The molecule has 5 rings (SSSR count). The molecule has 9 heteroatoms. The number of carbonyl (C=O) groups excluding carboxylic acids is 1. The van der Waals surface area contributed by atoms with Gasteiger partial charge in [0, 0.05) is 56.3 Å². The lowest BCUT2D eigenvalue weighted by Crippen LogP contribution is -2.49. The van der Waals surface area contributed by atoms with Crippen LogP contribution in [0.25, 0.3) is 11.4 Å². The van der Waals surface area contributed by atoms with Crippen molar-refractivity contribution in [3.05, 3.63) is 48.5 Å². The van der Waals surface area contributed by atoms with Gasteiger partial charge >= 0.3 is 0 Å². The van der Waals surface area contributed by atoms with Gasteiger partial charge in [-0.15, -0.1) is 0 Å². The minimum absolute atomic E-state index is 0.0837. The Labute approximate surface area is 161 Å². The fraction of sp³-hybridized carbons (Fsp3) is 0.368. The summed E-state index contributed by atoms with van der Waals surface area (Å²) in [5, 5.41) is 4.05. The Bertz CT molecular complexity index is 961. The molecule has 28 heavy (non-hydrogen) atoms. The number of aromatic nitrogens is 5. The maximum absolute atomic E-state index is 12.5. The lowest BCUT2D eigenvalue weighted by atomic mass is 10.2. The molecule has 3 aromatic heterocycles. The van der Waals surface area contributed by atoms with Crippen molar-refractivity contribution in [2.24, 2.45) is 0 Å². The fourth-order valence-corrected chi connectivity index (χ4v) is 3.26. The van der Waals surface area contributed by atoms with E-state index in [0.29, 0.717) is 43.6 Å². The van der Waals surface area contributed by atoms with E-state index in [1.54, 1.807) is 17.3 Å². The van der Waals surface area contributed by atoms with E-state index in [1.807, 2.05) is 12.1 Å². The first kappa shape index (κ1) is 16.8. The minimum atomic E-state index is -0.0837. The Hall–Kier alpha value is -3.36. The molecular formula is C19H19N7O2. The molecule has 2 aliphatic rings. The van der Waals surface area contributed by atoms with Gasteiger partial charge in [0.2, 0.25) is 11.7 Å². The van der Waals surface area contributed by atoms with Crippen LogP contribution in [-0.2, 0) is 0 Å². The van der Waals surface area contributed by atoms with E-state index in [4.69, 9.17) is 4.52 Å². The first-order valence-corrected chi connectivity index (χ1v) is 9.38. The van der Waals surface area contributed by atoms with Gasteiger partial charge in [-0.2, -0.15) is 4.98 Å². The molecule has 1 amide bonds. The van der Waals surface area contributed by atoms with Crippen LogP contribution in [0.4, 0.5) is 5.82 Å². The maximum atomic E-state index is 12.5. The Kier molecular flexibility index (Phi) is 4.19. The normalized spacial score (nSPS) is 17.0. The zero-order valence-electron chi connectivity index (χ0n) is 15.2. The third kappa shape index (κ3) is 3.30. The molecule has 3 aromatic rings. The number of amides is 1. The number of nitrogens with zero attached hydrogens (tertiary/aromatic N) is 7. The molecule has 1 aliphatic heterocycles. The van der Waals surface area contributed by atoms with E-state index in [0.717, 1.165) is 30.1 Å². The van der Waals surface area contributed by atoms with Crippen molar-refractivity contribution in [2.45, 2.75) is 18.8 Å². The van der Waals surface area contributed by atoms with Gasteiger partial charge in [-0.25, -0.2) is 9.97 Å².